The van der Waals surface area contributed by atoms with Gasteiger partial charge >= 0.3 is 0 Å². The van der Waals surface area contributed by atoms with Gasteiger partial charge in [-0.25, -0.2) is 4.39 Å². The zero-order valence-corrected chi connectivity index (χ0v) is 9.49. The molecule has 0 fully saturated rings. The number of hydrogen-bond acceptors (Lipinski definition) is 3. The van der Waals surface area contributed by atoms with Gasteiger partial charge in [0.05, 0.1) is 5.69 Å². The van der Waals surface area contributed by atoms with E-state index in [0.29, 0.717) is 4.47 Å². The molecule has 82 valence electrons. The number of nitrogens with one attached hydrogen (secondary N) is 1. The van der Waals surface area contributed by atoms with Crippen LogP contribution < -0.4 is 5.32 Å². The van der Waals surface area contributed by atoms with E-state index in [4.69, 9.17) is 0 Å². The van der Waals surface area contributed by atoms with Crippen LogP contribution in [0.3, 0.4) is 0 Å². The van der Waals surface area contributed by atoms with Crippen molar-refractivity contribution in [3.05, 3.63) is 46.5 Å². The molecule has 0 unspecified atom stereocenters. The van der Waals surface area contributed by atoms with Crippen molar-refractivity contribution >= 4 is 27.5 Å². The number of benzene rings is 1. The lowest BCUT2D eigenvalue weighted by molar-refractivity contribution is 0.101. The van der Waals surface area contributed by atoms with Gasteiger partial charge in [0, 0.05) is 10.5 Å². The molecule has 1 N–H and O–H groups in total. The maximum atomic E-state index is 13.4. The molecule has 1 heterocycles. The fourth-order valence-electron chi connectivity index (χ4n) is 1.11. The molecule has 1 aromatic carbocycles. The average Bonchev–Trinajstić information content (AvgIpc) is 2.75. The molecule has 2 aromatic rings. The summed E-state index contributed by atoms with van der Waals surface area (Å²) in [6.45, 7) is 0. The zero-order valence-electron chi connectivity index (χ0n) is 7.91. The molecule has 1 aromatic heterocycles. The van der Waals surface area contributed by atoms with Gasteiger partial charge in [-0.05, 0) is 18.2 Å². The highest BCUT2D eigenvalue weighted by atomic mass is 79.9. The van der Waals surface area contributed by atoms with Crippen molar-refractivity contribution in [2.45, 2.75) is 0 Å². The molecule has 1 amide bonds. The Labute approximate surface area is 98.6 Å². The van der Waals surface area contributed by atoms with E-state index < -0.39 is 11.7 Å². The molecule has 0 aliphatic heterocycles. The van der Waals surface area contributed by atoms with Crippen LogP contribution in [0.15, 0.2) is 39.5 Å². The second kappa shape index (κ2) is 4.44. The first-order valence-corrected chi connectivity index (χ1v) is 5.13. The van der Waals surface area contributed by atoms with E-state index in [1.165, 1.54) is 24.5 Å². The number of carbonyl (C=O) groups excluding carboxylic acids is 1. The predicted octanol–water partition coefficient (Wildman–Crippen LogP) is 2.83. The van der Waals surface area contributed by atoms with Gasteiger partial charge in [-0.1, -0.05) is 21.1 Å². The van der Waals surface area contributed by atoms with Crippen molar-refractivity contribution in [1.82, 2.24) is 5.16 Å². The molecule has 16 heavy (non-hydrogen) atoms. The van der Waals surface area contributed by atoms with E-state index in [1.54, 1.807) is 6.07 Å². The van der Waals surface area contributed by atoms with Crippen LogP contribution >= 0.6 is 15.9 Å². The summed E-state index contributed by atoms with van der Waals surface area (Å²) >= 11 is 3.12. The highest BCUT2D eigenvalue weighted by Crippen LogP contribution is 2.19. The average molecular weight is 285 g/mol. The van der Waals surface area contributed by atoms with Crippen LogP contribution in [0.1, 0.15) is 10.5 Å². The van der Waals surface area contributed by atoms with Crippen molar-refractivity contribution in [2.24, 2.45) is 0 Å². The maximum absolute atomic E-state index is 13.4. The summed E-state index contributed by atoms with van der Waals surface area (Å²) in [5, 5.41) is 5.82. The molecule has 6 heteroatoms. The monoisotopic (exact) mass is 284 g/mol. The molecule has 0 atom stereocenters. The Kier molecular flexibility index (Phi) is 3.00. The maximum Gasteiger partial charge on any atom is 0.277 e. The lowest BCUT2D eigenvalue weighted by Gasteiger charge is -2.04. The minimum atomic E-state index is -0.522. The third kappa shape index (κ3) is 2.27. The van der Waals surface area contributed by atoms with Crippen molar-refractivity contribution in [1.29, 1.82) is 0 Å². The first kappa shape index (κ1) is 10.8. The second-order valence-electron chi connectivity index (χ2n) is 2.96. The fraction of sp³-hybridized carbons (Fsp3) is 0. The molecular weight excluding hydrogens is 279 g/mol. The summed E-state index contributed by atoms with van der Waals surface area (Å²) in [5.74, 6) is -1.04. The van der Waals surface area contributed by atoms with Gasteiger partial charge in [0.15, 0.2) is 5.69 Å². The van der Waals surface area contributed by atoms with E-state index in [1.807, 2.05) is 0 Å². The quantitative estimate of drug-likeness (QED) is 0.923. The highest BCUT2D eigenvalue weighted by Gasteiger charge is 2.11. The number of anilines is 1. The minimum absolute atomic E-state index is 0.0937. The Morgan fingerprint density at radius 1 is 1.44 bits per heavy atom. The molecule has 4 nitrogen and oxygen atoms in total. The topological polar surface area (TPSA) is 55.1 Å². The third-order valence-corrected chi connectivity index (χ3v) is 2.34. The standard InChI is InChI=1S/C10H6BrFN2O2/c11-6-1-2-8(7(12)5-6)13-10(15)9-3-4-16-14-9/h1-5H,(H,13,15). The van der Waals surface area contributed by atoms with E-state index in [-0.39, 0.29) is 11.4 Å². The van der Waals surface area contributed by atoms with E-state index in [2.05, 4.69) is 30.9 Å². The highest BCUT2D eigenvalue weighted by molar-refractivity contribution is 9.10. The summed E-state index contributed by atoms with van der Waals surface area (Å²) in [7, 11) is 0. The molecule has 0 radical (unpaired) electrons. The summed E-state index contributed by atoms with van der Waals surface area (Å²) in [5.41, 5.74) is 0.193. The lowest BCUT2D eigenvalue weighted by atomic mass is 10.3. The third-order valence-electron chi connectivity index (χ3n) is 1.85. The van der Waals surface area contributed by atoms with Crippen LogP contribution in [0.5, 0.6) is 0 Å². The van der Waals surface area contributed by atoms with Crippen LogP contribution in [0.2, 0.25) is 0 Å². The number of nitrogens with zero attached hydrogens (tertiary/aromatic N) is 1. The number of rotatable bonds is 2. The number of amides is 1. The van der Waals surface area contributed by atoms with Crippen molar-refractivity contribution in [3.63, 3.8) is 0 Å². The second-order valence-corrected chi connectivity index (χ2v) is 3.88. The molecule has 0 saturated heterocycles. The van der Waals surface area contributed by atoms with Gasteiger partial charge in [-0.3, -0.25) is 4.79 Å². The van der Waals surface area contributed by atoms with E-state index in [9.17, 15) is 9.18 Å². The summed E-state index contributed by atoms with van der Waals surface area (Å²) in [6.07, 6.45) is 1.27. The zero-order chi connectivity index (χ0) is 11.5. The number of halogens is 2. The van der Waals surface area contributed by atoms with Gasteiger partial charge in [-0.15, -0.1) is 0 Å². The van der Waals surface area contributed by atoms with Crippen LogP contribution in [0.4, 0.5) is 10.1 Å². The van der Waals surface area contributed by atoms with Gasteiger partial charge in [0.25, 0.3) is 5.91 Å². The van der Waals surface area contributed by atoms with Gasteiger partial charge in [0.1, 0.15) is 12.1 Å². The minimum Gasteiger partial charge on any atom is -0.364 e. The van der Waals surface area contributed by atoms with Gasteiger partial charge < -0.3 is 9.84 Å². The molecule has 0 spiro atoms. The van der Waals surface area contributed by atoms with Crippen LogP contribution in [0.25, 0.3) is 0 Å². The van der Waals surface area contributed by atoms with E-state index in [0.717, 1.165) is 0 Å². The molecule has 0 aliphatic rings. The van der Waals surface area contributed by atoms with Gasteiger partial charge in [-0.2, -0.15) is 0 Å². The molecular formula is C10H6BrFN2O2. The summed E-state index contributed by atoms with van der Waals surface area (Å²) in [4.78, 5) is 11.5. The van der Waals surface area contributed by atoms with Crippen LogP contribution in [-0.4, -0.2) is 11.1 Å². The first-order chi connectivity index (χ1) is 7.66. The Balaban J connectivity index is 2.18. The number of hydrogen-bond donors (Lipinski definition) is 1. The predicted molar refractivity (Wildman–Crippen MR) is 58.6 cm³/mol. The Bertz CT molecular complexity index is 514. The van der Waals surface area contributed by atoms with E-state index >= 15 is 0 Å². The van der Waals surface area contributed by atoms with Crippen molar-refractivity contribution < 1.29 is 13.7 Å². The van der Waals surface area contributed by atoms with Crippen molar-refractivity contribution in [2.75, 3.05) is 5.32 Å². The summed E-state index contributed by atoms with van der Waals surface area (Å²) in [6, 6.07) is 5.74. The smallest absolute Gasteiger partial charge is 0.277 e. The van der Waals surface area contributed by atoms with Gasteiger partial charge in [0.2, 0.25) is 0 Å². The Hall–Kier alpha value is -1.69. The molecule has 0 saturated carbocycles. The molecule has 0 aliphatic carbocycles. The molecule has 0 bridgehead atoms. The Morgan fingerprint density at radius 2 is 2.25 bits per heavy atom. The number of carbonyl (C=O) groups is 1. The SMILES string of the molecule is O=C(Nc1ccc(Br)cc1F)c1ccon1. The lowest BCUT2D eigenvalue weighted by Crippen LogP contribution is -2.13. The Morgan fingerprint density at radius 3 is 2.88 bits per heavy atom. The summed E-state index contributed by atoms with van der Waals surface area (Å²) < 4.78 is 18.5. The van der Waals surface area contributed by atoms with Crippen molar-refractivity contribution in [3.8, 4) is 0 Å². The normalized spacial score (nSPS) is 10.1. The van der Waals surface area contributed by atoms with Crippen LogP contribution in [0, 0.1) is 5.82 Å². The largest absolute Gasteiger partial charge is 0.364 e. The molecule has 2 rings (SSSR count). The fourth-order valence-corrected chi connectivity index (χ4v) is 1.44. The first-order valence-electron chi connectivity index (χ1n) is 4.33. The van der Waals surface area contributed by atoms with Crippen LogP contribution in [-0.2, 0) is 0 Å². The number of aromatic nitrogens is 1.